The fourth-order valence-corrected chi connectivity index (χ4v) is 5.17. The average molecular weight is 496 g/mol. The van der Waals surface area contributed by atoms with Crippen LogP contribution in [0, 0.1) is 13.8 Å². The van der Waals surface area contributed by atoms with E-state index in [1.54, 1.807) is 0 Å². The predicted octanol–water partition coefficient (Wildman–Crippen LogP) is 5.34. The van der Waals surface area contributed by atoms with E-state index < -0.39 is 0 Å². The highest BCUT2D eigenvalue weighted by molar-refractivity contribution is 6.36. The van der Waals surface area contributed by atoms with E-state index in [1.807, 2.05) is 50.4 Å². The Kier molecular flexibility index (Phi) is 6.72. The van der Waals surface area contributed by atoms with E-state index in [0.29, 0.717) is 17.7 Å². The van der Waals surface area contributed by atoms with Gasteiger partial charge in [0.2, 0.25) is 0 Å². The van der Waals surface area contributed by atoms with Crippen molar-refractivity contribution in [2.24, 2.45) is 0 Å². The molecule has 0 bridgehead atoms. The molecule has 0 unspecified atom stereocenters. The summed E-state index contributed by atoms with van der Waals surface area (Å²) in [6.45, 7) is 11.4. The Bertz CT molecular complexity index is 1520. The number of aromatic amines is 2. The second-order valence-electron chi connectivity index (χ2n) is 9.47. The lowest BCUT2D eigenvalue weighted by Crippen LogP contribution is -2.35. The molecule has 1 aliphatic rings. The van der Waals surface area contributed by atoms with Gasteiger partial charge in [0.05, 0.1) is 16.8 Å². The molecule has 7 nitrogen and oxygen atoms in total. The molecule has 4 N–H and O–H groups in total. The van der Waals surface area contributed by atoms with Gasteiger partial charge >= 0.3 is 0 Å². The van der Waals surface area contributed by atoms with Crippen LogP contribution in [0.5, 0.6) is 0 Å². The van der Waals surface area contributed by atoms with Crippen molar-refractivity contribution in [2.75, 3.05) is 31.5 Å². The Balaban J connectivity index is 1.44. The molecule has 2 aromatic heterocycles. The van der Waals surface area contributed by atoms with Crippen molar-refractivity contribution in [1.29, 1.82) is 0 Å². The highest BCUT2D eigenvalue weighted by Crippen LogP contribution is 2.41. The number of anilines is 1. The minimum Gasteiger partial charge on any atom is -0.361 e. The van der Waals surface area contributed by atoms with Crippen LogP contribution < -0.4 is 10.6 Å². The highest BCUT2D eigenvalue weighted by Gasteiger charge is 2.28. The van der Waals surface area contributed by atoms with Crippen LogP contribution in [0.3, 0.4) is 0 Å². The molecule has 4 aromatic rings. The molecule has 37 heavy (non-hydrogen) atoms. The number of carbonyl (C=O) groups is 2. The molecule has 0 aliphatic carbocycles. The molecular weight excluding hydrogens is 462 g/mol. The quantitative estimate of drug-likeness (QED) is 0.249. The normalized spacial score (nSPS) is 14.0. The van der Waals surface area contributed by atoms with Gasteiger partial charge < -0.3 is 25.5 Å². The summed E-state index contributed by atoms with van der Waals surface area (Å²) in [7, 11) is 0. The van der Waals surface area contributed by atoms with Crippen LogP contribution in [-0.2, 0) is 4.79 Å². The first-order valence-electron chi connectivity index (χ1n) is 12.8. The van der Waals surface area contributed by atoms with Crippen LogP contribution in [0.1, 0.15) is 46.7 Å². The second kappa shape index (κ2) is 10.1. The number of hydrogen-bond acceptors (Lipinski definition) is 3. The Hall–Kier alpha value is -4.10. The van der Waals surface area contributed by atoms with Gasteiger partial charge in [0.25, 0.3) is 11.8 Å². The summed E-state index contributed by atoms with van der Waals surface area (Å²) in [6.07, 6.45) is 3.78. The van der Waals surface area contributed by atoms with Gasteiger partial charge in [-0.2, -0.15) is 0 Å². The second-order valence-corrected chi connectivity index (χ2v) is 9.47. The van der Waals surface area contributed by atoms with Crippen molar-refractivity contribution in [3.05, 3.63) is 76.7 Å². The lowest BCUT2D eigenvalue weighted by Gasteiger charge is -2.18. The van der Waals surface area contributed by atoms with Gasteiger partial charge in [-0.25, -0.2) is 0 Å². The van der Waals surface area contributed by atoms with Crippen LogP contribution in [-0.4, -0.2) is 52.9 Å². The third-order valence-electron chi connectivity index (χ3n) is 7.30. The molecule has 2 aromatic carbocycles. The monoisotopic (exact) mass is 495 g/mol. The molecule has 1 aliphatic heterocycles. The van der Waals surface area contributed by atoms with Gasteiger partial charge in [-0.05, 0) is 61.7 Å². The Morgan fingerprint density at radius 1 is 1.05 bits per heavy atom. The minimum absolute atomic E-state index is 0.0960. The average Bonchev–Trinajstić information content (AvgIpc) is 3.57. The summed E-state index contributed by atoms with van der Waals surface area (Å²) in [5, 5.41) is 7.26. The maximum atomic E-state index is 13.1. The van der Waals surface area contributed by atoms with Gasteiger partial charge in [0.15, 0.2) is 0 Å². The van der Waals surface area contributed by atoms with E-state index in [2.05, 4.69) is 57.5 Å². The standard InChI is InChI=1S/C30H33N5O2/c1-5-35(6-2)15-14-32-30(37)27-18(3)25(33-19(27)4)17-24-23-9-7-8-22(28(23)34-29(24)36)21-11-10-20-12-13-31-26(20)16-21/h7-13,16-17,31,33H,5-6,14-15H2,1-4H3,(H,32,37)(H,34,36)/b24-17-. The number of nitrogens with one attached hydrogen (secondary N) is 4. The third-order valence-corrected chi connectivity index (χ3v) is 7.30. The fraction of sp³-hybridized carbons (Fsp3) is 0.267. The van der Waals surface area contributed by atoms with E-state index in [1.165, 1.54) is 0 Å². The molecule has 0 saturated carbocycles. The molecule has 190 valence electrons. The van der Waals surface area contributed by atoms with Crippen molar-refractivity contribution >= 4 is 40.1 Å². The van der Waals surface area contributed by atoms with Crippen molar-refractivity contribution in [3.8, 4) is 11.1 Å². The zero-order valence-corrected chi connectivity index (χ0v) is 21.8. The summed E-state index contributed by atoms with van der Waals surface area (Å²) in [4.78, 5) is 34.9. The maximum Gasteiger partial charge on any atom is 0.256 e. The van der Waals surface area contributed by atoms with Crippen molar-refractivity contribution in [1.82, 2.24) is 20.2 Å². The molecule has 0 saturated heterocycles. The summed E-state index contributed by atoms with van der Waals surface area (Å²) >= 11 is 0. The lowest BCUT2D eigenvalue weighted by atomic mass is 9.97. The van der Waals surface area contributed by atoms with Gasteiger partial charge in [0.1, 0.15) is 0 Å². The number of aromatic nitrogens is 2. The molecule has 2 amide bonds. The Morgan fingerprint density at radius 3 is 2.62 bits per heavy atom. The molecule has 7 heteroatoms. The number of likely N-dealkylation sites (N-methyl/N-ethyl adjacent to an activating group) is 1. The number of hydrogen-bond donors (Lipinski definition) is 4. The molecule has 0 atom stereocenters. The molecule has 3 heterocycles. The summed E-state index contributed by atoms with van der Waals surface area (Å²) < 4.78 is 0. The van der Waals surface area contributed by atoms with Crippen LogP contribution in [0.4, 0.5) is 5.69 Å². The molecule has 5 rings (SSSR count). The van der Waals surface area contributed by atoms with Crippen molar-refractivity contribution < 1.29 is 9.59 Å². The van der Waals surface area contributed by atoms with Crippen LogP contribution in [0.25, 0.3) is 33.7 Å². The topological polar surface area (TPSA) is 93.0 Å². The fourth-order valence-electron chi connectivity index (χ4n) is 5.17. The molecule has 0 radical (unpaired) electrons. The number of H-pyrrole nitrogens is 2. The van der Waals surface area contributed by atoms with E-state index in [0.717, 1.165) is 69.9 Å². The zero-order chi connectivity index (χ0) is 26.1. The number of fused-ring (bicyclic) bond motifs is 2. The van der Waals surface area contributed by atoms with Gasteiger partial charge in [-0.15, -0.1) is 0 Å². The predicted molar refractivity (Wildman–Crippen MR) is 151 cm³/mol. The molecule has 0 fully saturated rings. The summed E-state index contributed by atoms with van der Waals surface area (Å²) in [5.74, 6) is -0.249. The van der Waals surface area contributed by atoms with Gasteiger partial charge in [0, 0.05) is 47.3 Å². The molecule has 0 spiro atoms. The largest absolute Gasteiger partial charge is 0.361 e. The van der Waals surface area contributed by atoms with Crippen LogP contribution in [0.15, 0.2) is 48.7 Å². The Labute approximate surface area is 217 Å². The number of aryl methyl sites for hydroxylation is 1. The zero-order valence-electron chi connectivity index (χ0n) is 21.8. The number of para-hydroxylation sites is 1. The van der Waals surface area contributed by atoms with Gasteiger partial charge in [-0.3, -0.25) is 9.59 Å². The summed E-state index contributed by atoms with van der Waals surface area (Å²) in [6, 6.07) is 14.2. The van der Waals surface area contributed by atoms with E-state index in [-0.39, 0.29) is 11.8 Å². The third kappa shape index (κ3) is 4.58. The smallest absolute Gasteiger partial charge is 0.256 e. The Morgan fingerprint density at radius 2 is 1.84 bits per heavy atom. The minimum atomic E-state index is -0.153. The SMILES string of the molecule is CCN(CC)CCNC(=O)c1c(C)[nH]c(/C=C2\C(=O)Nc3c2cccc3-c2ccc3cc[nH]c3c2)c1C. The number of amides is 2. The highest BCUT2D eigenvalue weighted by atomic mass is 16.2. The van der Waals surface area contributed by atoms with Gasteiger partial charge in [-0.1, -0.05) is 44.2 Å². The first kappa shape index (κ1) is 24.6. The number of rotatable bonds is 8. The number of carbonyl (C=O) groups excluding carboxylic acids is 2. The van der Waals surface area contributed by atoms with E-state index in [4.69, 9.17) is 0 Å². The molecular formula is C30H33N5O2. The number of nitrogens with zero attached hydrogens (tertiary/aromatic N) is 1. The first-order chi connectivity index (χ1) is 17.9. The maximum absolute atomic E-state index is 13.1. The van der Waals surface area contributed by atoms with Crippen molar-refractivity contribution in [3.63, 3.8) is 0 Å². The first-order valence-corrected chi connectivity index (χ1v) is 12.8. The van der Waals surface area contributed by atoms with Crippen LogP contribution in [0.2, 0.25) is 0 Å². The summed E-state index contributed by atoms with van der Waals surface area (Å²) in [5.41, 5.74) is 8.32. The van der Waals surface area contributed by atoms with Crippen molar-refractivity contribution in [2.45, 2.75) is 27.7 Å². The van der Waals surface area contributed by atoms with E-state index >= 15 is 0 Å². The van der Waals surface area contributed by atoms with Crippen LogP contribution >= 0.6 is 0 Å². The lowest BCUT2D eigenvalue weighted by molar-refractivity contribution is -0.110. The number of benzene rings is 2. The van der Waals surface area contributed by atoms with E-state index in [9.17, 15) is 9.59 Å².